The highest BCUT2D eigenvalue weighted by Crippen LogP contribution is 2.18. The maximum Gasteiger partial charge on any atom is 0.191 e. The summed E-state index contributed by atoms with van der Waals surface area (Å²) in [6, 6.07) is 10.6. The summed E-state index contributed by atoms with van der Waals surface area (Å²) in [5.74, 6) is 0.841. The molecule has 0 saturated carbocycles. The van der Waals surface area contributed by atoms with Crippen LogP contribution in [0.25, 0.3) is 5.69 Å². The number of guanidine groups is 1. The molecule has 0 spiro atoms. The minimum absolute atomic E-state index is 0. The van der Waals surface area contributed by atoms with Gasteiger partial charge < -0.3 is 10.6 Å². The van der Waals surface area contributed by atoms with E-state index in [4.69, 9.17) is 4.99 Å². The number of hydrogen-bond acceptors (Lipinski definition) is 2. The van der Waals surface area contributed by atoms with Crippen LogP contribution in [-0.2, 0) is 6.54 Å². The monoisotopic (exact) mass is 441 g/mol. The molecule has 6 heteroatoms. The Morgan fingerprint density at radius 2 is 1.88 bits per heavy atom. The first-order valence-electron chi connectivity index (χ1n) is 8.18. The van der Waals surface area contributed by atoms with Gasteiger partial charge >= 0.3 is 0 Å². The molecule has 0 aliphatic rings. The molecule has 24 heavy (non-hydrogen) atoms. The van der Waals surface area contributed by atoms with E-state index < -0.39 is 0 Å². The number of halogens is 1. The van der Waals surface area contributed by atoms with E-state index in [1.807, 2.05) is 29.8 Å². The van der Waals surface area contributed by atoms with Crippen LogP contribution in [0.4, 0.5) is 0 Å². The van der Waals surface area contributed by atoms with Crippen LogP contribution in [0.2, 0.25) is 0 Å². The quantitative estimate of drug-likeness (QED) is 0.424. The van der Waals surface area contributed by atoms with Gasteiger partial charge in [-0.2, -0.15) is 5.10 Å². The number of aryl methyl sites for hydroxylation is 1. The molecule has 1 aromatic heterocycles. The minimum atomic E-state index is 0. The molecular formula is C18H28IN5. The molecule has 0 radical (unpaired) electrons. The number of aromatic nitrogens is 2. The fourth-order valence-electron chi connectivity index (χ4n) is 2.48. The van der Waals surface area contributed by atoms with Gasteiger partial charge in [-0.15, -0.1) is 24.0 Å². The van der Waals surface area contributed by atoms with Crippen molar-refractivity contribution in [3.63, 3.8) is 0 Å². The van der Waals surface area contributed by atoms with Crippen molar-refractivity contribution in [2.45, 2.75) is 47.2 Å². The zero-order valence-electron chi connectivity index (χ0n) is 15.1. The second-order valence-corrected chi connectivity index (χ2v) is 5.89. The zero-order chi connectivity index (χ0) is 16.8. The van der Waals surface area contributed by atoms with Gasteiger partial charge in [0.1, 0.15) is 0 Å². The van der Waals surface area contributed by atoms with Crippen molar-refractivity contribution in [1.82, 2.24) is 20.4 Å². The highest BCUT2D eigenvalue weighted by atomic mass is 127. The summed E-state index contributed by atoms with van der Waals surface area (Å²) in [6.45, 7) is 11.9. The number of para-hydroxylation sites is 1. The number of benzene rings is 1. The Labute approximate surface area is 162 Å². The summed E-state index contributed by atoms with van der Waals surface area (Å²) < 4.78 is 1.99. The topological polar surface area (TPSA) is 54.2 Å². The van der Waals surface area contributed by atoms with E-state index in [0.717, 1.165) is 29.6 Å². The van der Waals surface area contributed by atoms with Crippen LogP contribution >= 0.6 is 24.0 Å². The van der Waals surface area contributed by atoms with Crippen LogP contribution in [0.3, 0.4) is 0 Å². The van der Waals surface area contributed by atoms with Crippen molar-refractivity contribution in [3.8, 4) is 5.69 Å². The Kier molecular flexibility index (Phi) is 8.24. The summed E-state index contributed by atoms with van der Waals surface area (Å²) in [5.41, 5.74) is 4.42. The normalized spacial score (nSPS) is 11.3. The van der Waals surface area contributed by atoms with Crippen LogP contribution in [0.5, 0.6) is 0 Å². The average molecular weight is 441 g/mol. The predicted molar refractivity (Wildman–Crippen MR) is 112 cm³/mol. The summed E-state index contributed by atoms with van der Waals surface area (Å²) in [4.78, 5) is 4.69. The molecule has 2 rings (SSSR count). The second-order valence-electron chi connectivity index (χ2n) is 5.89. The highest BCUT2D eigenvalue weighted by Gasteiger charge is 2.12. The van der Waals surface area contributed by atoms with Gasteiger partial charge in [-0.1, -0.05) is 18.2 Å². The highest BCUT2D eigenvalue weighted by molar-refractivity contribution is 14.0. The van der Waals surface area contributed by atoms with Crippen molar-refractivity contribution < 1.29 is 0 Å². The van der Waals surface area contributed by atoms with E-state index >= 15 is 0 Å². The summed E-state index contributed by atoms with van der Waals surface area (Å²) in [6.07, 6.45) is 0. The molecule has 0 atom stereocenters. The van der Waals surface area contributed by atoms with Crippen LogP contribution in [0, 0.1) is 13.8 Å². The van der Waals surface area contributed by atoms with Crippen molar-refractivity contribution in [1.29, 1.82) is 0 Å². The van der Waals surface area contributed by atoms with E-state index in [9.17, 15) is 0 Å². The maximum absolute atomic E-state index is 4.69. The van der Waals surface area contributed by atoms with E-state index in [-0.39, 0.29) is 24.0 Å². The molecule has 0 aliphatic carbocycles. The van der Waals surface area contributed by atoms with Crippen LogP contribution in [0.1, 0.15) is 37.7 Å². The van der Waals surface area contributed by atoms with Gasteiger partial charge in [-0.3, -0.25) is 0 Å². The lowest BCUT2D eigenvalue weighted by Crippen LogP contribution is -2.41. The van der Waals surface area contributed by atoms with Crippen LogP contribution < -0.4 is 10.6 Å². The first kappa shape index (κ1) is 20.5. The Morgan fingerprint density at radius 1 is 1.21 bits per heavy atom. The summed E-state index contributed by atoms with van der Waals surface area (Å²) in [7, 11) is 0. The smallest absolute Gasteiger partial charge is 0.191 e. The van der Waals surface area contributed by atoms with Gasteiger partial charge in [-0.25, -0.2) is 9.67 Å². The number of nitrogens with one attached hydrogen (secondary N) is 2. The molecule has 5 nitrogen and oxygen atoms in total. The van der Waals surface area contributed by atoms with E-state index in [2.05, 4.69) is 55.6 Å². The Balaban J connectivity index is 0.00000288. The lowest BCUT2D eigenvalue weighted by molar-refractivity contribution is 0.700. The Bertz CT molecular complexity index is 662. The van der Waals surface area contributed by atoms with Crippen LogP contribution in [0.15, 0.2) is 35.3 Å². The van der Waals surface area contributed by atoms with Gasteiger partial charge in [0.05, 0.1) is 17.9 Å². The third kappa shape index (κ3) is 5.22. The second kappa shape index (κ2) is 9.66. The van der Waals surface area contributed by atoms with Gasteiger partial charge in [0.2, 0.25) is 0 Å². The molecule has 1 heterocycles. The number of aliphatic imine (C=N–C) groups is 1. The summed E-state index contributed by atoms with van der Waals surface area (Å²) in [5, 5.41) is 11.3. The van der Waals surface area contributed by atoms with Crippen molar-refractivity contribution in [2.75, 3.05) is 6.54 Å². The van der Waals surface area contributed by atoms with E-state index in [0.29, 0.717) is 12.6 Å². The van der Waals surface area contributed by atoms with Gasteiger partial charge in [0, 0.05) is 23.8 Å². The molecule has 2 N–H and O–H groups in total. The van der Waals surface area contributed by atoms with E-state index in [1.165, 1.54) is 5.56 Å². The molecule has 0 saturated heterocycles. The molecule has 132 valence electrons. The lowest BCUT2D eigenvalue weighted by Gasteiger charge is -2.14. The van der Waals surface area contributed by atoms with E-state index in [1.54, 1.807) is 0 Å². The molecule has 1 aromatic carbocycles. The minimum Gasteiger partial charge on any atom is -0.357 e. The van der Waals surface area contributed by atoms with Crippen molar-refractivity contribution in [2.24, 2.45) is 4.99 Å². The number of nitrogens with zero attached hydrogens (tertiary/aromatic N) is 3. The molecule has 2 aromatic rings. The van der Waals surface area contributed by atoms with Gasteiger partial charge in [0.25, 0.3) is 0 Å². The largest absolute Gasteiger partial charge is 0.357 e. The Morgan fingerprint density at radius 3 is 2.46 bits per heavy atom. The van der Waals surface area contributed by atoms with Gasteiger partial charge in [0.15, 0.2) is 5.96 Å². The molecule has 0 bridgehead atoms. The van der Waals surface area contributed by atoms with Crippen molar-refractivity contribution >= 4 is 29.9 Å². The van der Waals surface area contributed by atoms with Gasteiger partial charge in [-0.05, 0) is 46.8 Å². The Hall–Kier alpha value is -1.57. The average Bonchev–Trinajstić information content (AvgIpc) is 2.80. The molecular weight excluding hydrogens is 413 g/mol. The molecule has 0 fully saturated rings. The molecule has 0 amide bonds. The number of rotatable bonds is 5. The third-order valence-corrected chi connectivity index (χ3v) is 3.61. The SMILES string of the molecule is CCNC(=NCc1c(C)nn(-c2ccccc2)c1C)NC(C)C.I. The fraction of sp³-hybridized carbons (Fsp3) is 0.444. The lowest BCUT2D eigenvalue weighted by atomic mass is 10.2. The third-order valence-electron chi connectivity index (χ3n) is 3.61. The molecule has 0 unspecified atom stereocenters. The standard InChI is InChI=1S/C18H27N5.HI/c1-6-19-18(21-13(2)3)20-12-17-14(4)22-23(15(17)5)16-10-8-7-9-11-16;/h7-11,13H,6,12H2,1-5H3,(H2,19,20,21);1H. The first-order valence-corrected chi connectivity index (χ1v) is 8.18. The maximum atomic E-state index is 4.69. The predicted octanol–water partition coefficient (Wildman–Crippen LogP) is 3.57. The zero-order valence-corrected chi connectivity index (χ0v) is 17.5. The fourth-order valence-corrected chi connectivity index (χ4v) is 2.48. The number of hydrogen-bond donors (Lipinski definition) is 2. The molecule has 0 aliphatic heterocycles. The van der Waals surface area contributed by atoms with Crippen molar-refractivity contribution in [3.05, 3.63) is 47.3 Å². The van der Waals surface area contributed by atoms with Crippen LogP contribution in [-0.4, -0.2) is 28.3 Å². The first-order chi connectivity index (χ1) is 11.0. The summed E-state index contributed by atoms with van der Waals surface area (Å²) >= 11 is 0.